The third-order valence-corrected chi connectivity index (χ3v) is 23.4. The van der Waals surface area contributed by atoms with E-state index in [2.05, 4.69) is 107 Å². The monoisotopic (exact) mass is 807 g/mol. The Bertz CT molecular complexity index is 1570. The molecule has 0 aliphatic heterocycles. The van der Waals surface area contributed by atoms with Gasteiger partial charge in [0, 0.05) is 34.8 Å². The van der Waals surface area contributed by atoms with Crippen LogP contribution in [0.1, 0.15) is 108 Å². The SMILES string of the molecule is CC(C)[Si](O[C@H]1C[C@H](Nc2ncncc2C(=O)c2cc([C@@H](O)c3cccc(Br)c3)c(Cl)s2)C[C@@H]1CO[Si](C)(C)C(C)(C)C)(C(C)C)C(C)C. The zero-order valence-corrected chi connectivity index (χ0v) is 36.1. The molecule has 2 N–H and O–H groups in total. The lowest BCUT2D eigenvalue weighted by atomic mass is 10.0. The lowest BCUT2D eigenvalue weighted by Crippen LogP contribution is -2.51. The first-order valence-electron chi connectivity index (χ1n) is 17.4. The number of aliphatic hydroxyl groups is 1. The molecular weight excluding hydrogens is 754 g/mol. The van der Waals surface area contributed by atoms with E-state index >= 15 is 0 Å². The van der Waals surface area contributed by atoms with Crippen molar-refractivity contribution in [1.82, 2.24) is 9.97 Å². The number of rotatable bonds is 14. The van der Waals surface area contributed by atoms with Crippen LogP contribution in [0.5, 0.6) is 0 Å². The molecule has 1 aliphatic rings. The van der Waals surface area contributed by atoms with Gasteiger partial charge >= 0.3 is 0 Å². The molecule has 0 amide bonds. The highest BCUT2D eigenvalue weighted by Gasteiger charge is 2.50. The van der Waals surface area contributed by atoms with Crippen LogP contribution in [0.25, 0.3) is 0 Å². The Morgan fingerprint density at radius 3 is 2.35 bits per heavy atom. The molecule has 3 aromatic rings. The molecule has 7 nitrogen and oxygen atoms in total. The van der Waals surface area contributed by atoms with Crippen molar-refractivity contribution in [3.05, 3.63) is 73.2 Å². The fraction of sp³-hybridized carbons (Fsp3) is 0.595. The summed E-state index contributed by atoms with van der Waals surface area (Å²) in [5.74, 6) is 0.472. The average molecular weight is 809 g/mol. The van der Waals surface area contributed by atoms with E-state index in [4.69, 9.17) is 20.5 Å². The van der Waals surface area contributed by atoms with Gasteiger partial charge in [-0.25, -0.2) is 9.97 Å². The van der Waals surface area contributed by atoms with Crippen LogP contribution < -0.4 is 5.32 Å². The fourth-order valence-electron chi connectivity index (χ4n) is 7.20. The first-order valence-corrected chi connectivity index (χ1v) is 24.5. The zero-order valence-electron chi connectivity index (χ0n) is 30.9. The second-order valence-electron chi connectivity index (χ2n) is 16.0. The van der Waals surface area contributed by atoms with E-state index in [1.807, 2.05) is 24.3 Å². The lowest BCUT2D eigenvalue weighted by Gasteiger charge is -2.45. The van der Waals surface area contributed by atoms with E-state index < -0.39 is 22.7 Å². The summed E-state index contributed by atoms with van der Waals surface area (Å²) in [7, 11) is -4.15. The predicted molar refractivity (Wildman–Crippen MR) is 212 cm³/mol. The van der Waals surface area contributed by atoms with Crippen molar-refractivity contribution in [2.45, 2.75) is 128 Å². The van der Waals surface area contributed by atoms with Crippen LogP contribution in [0.2, 0.25) is 39.1 Å². The normalized spacial score (nSPS) is 19.7. The molecule has 0 spiro atoms. The summed E-state index contributed by atoms with van der Waals surface area (Å²) < 4.78 is 15.5. The molecule has 0 radical (unpaired) electrons. The van der Waals surface area contributed by atoms with Crippen LogP contribution in [0.4, 0.5) is 5.82 Å². The predicted octanol–water partition coefficient (Wildman–Crippen LogP) is 11.0. The van der Waals surface area contributed by atoms with Gasteiger partial charge in [0.25, 0.3) is 0 Å². The van der Waals surface area contributed by atoms with Gasteiger partial charge in [-0.15, -0.1) is 11.3 Å². The van der Waals surface area contributed by atoms with E-state index in [1.54, 1.807) is 12.3 Å². The van der Waals surface area contributed by atoms with Gasteiger partial charge in [0.15, 0.2) is 8.32 Å². The maximum Gasteiger partial charge on any atom is 0.208 e. The molecule has 1 aromatic carbocycles. The molecule has 4 atom stereocenters. The Morgan fingerprint density at radius 1 is 1.10 bits per heavy atom. The van der Waals surface area contributed by atoms with Gasteiger partial charge in [-0.2, -0.15) is 0 Å². The number of hydrogen-bond donors (Lipinski definition) is 2. The van der Waals surface area contributed by atoms with Crippen molar-refractivity contribution >= 4 is 67.1 Å². The summed E-state index contributed by atoms with van der Waals surface area (Å²) >= 11 is 11.2. The number of carbonyl (C=O) groups is 1. The number of anilines is 1. The number of carbonyl (C=O) groups excluding carboxylic acids is 1. The largest absolute Gasteiger partial charge is 0.416 e. The van der Waals surface area contributed by atoms with Gasteiger partial charge in [0.2, 0.25) is 14.1 Å². The third-order valence-electron chi connectivity index (χ3n) is 10.9. The van der Waals surface area contributed by atoms with E-state index in [0.717, 1.165) is 28.7 Å². The minimum atomic E-state index is -2.17. The van der Waals surface area contributed by atoms with Gasteiger partial charge in [0.05, 0.1) is 20.9 Å². The number of nitrogens with one attached hydrogen (secondary N) is 1. The molecule has 0 unspecified atom stereocenters. The Hall–Kier alpha value is -1.45. The number of halogens is 2. The lowest BCUT2D eigenvalue weighted by molar-refractivity contribution is 0.0971. The van der Waals surface area contributed by atoms with Crippen LogP contribution in [0.3, 0.4) is 0 Å². The van der Waals surface area contributed by atoms with Gasteiger partial charge < -0.3 is 19.3 Å². The number of aromatic nitrogens is 2. The Morgan fingerprint density at radius 2 is 1.76 bits per heavy atom. The van der Waals surface area contributed by atoms with Gasteiger partial charge in [0.1, 0.15) is 18.2 Å². The maximum atomic E-state index is 14.0. The Labute approximate surface area is 313 Å². The molecule has 270 valence electrons. The van der Waals surface area contributed by atoms with Crippen LogP contribution in [0, 0.1) is 5.92 Å². The molecule has 0 bridgehead atoms. The second-order valence-corrected chi connectivity index (χ2v) is 28.8. The summed E-state index contributed by atoms with van der Waals surface area (Å²) in [5.41, 5.74) is 2.96. The first-order chi connectivity index (χ1) is 22.8. The summed E-state index contributed by atoms with van der Waals surface area (Å²) in [6, 6.07) is 9.14. The number of aliphatic hydroxyl groups excluding tert-OH is 1. The van der Waals surface area contributed by atoms with E-state index in [0.29, 0.717) is 55.0 Å². The van der Waals surface area contributed by atoms with Gasteiger partial charge in [-0.3, -0.25) is 4.79 Å². The third kappa shape index (κ3) is 8.96. The minimum absolute atomic E-state index is 0.0403. The van der Waals surface area contributed by atoms with E-state index in [9.17, 15) is 9.90 Å². The molecule has 2 heterocycles. The highest BCUT2D eigenvalue weighted by atomic mass is 79.9. The molecule has 2 aromatic heterocycles. The number of ketones is 1. The van der Waals surface area contributed by atoms with Crippen molar-refractivity contribution in [2.75, 3.05) is 11.9 Å². The maximum absolute atomic E-state index is 14.0. The number of thiophene rings is 1. The average Bonchev–Trinajstić information content (AvgIpc) is 3.59. The van der Waals surface area contributed by atoms with Crippen molar-refractivity contribution < 1.29 is 18.8 Å². The Kier molecular flexibility index (Phi) is 13.2. The summed E-state index contributed by atoms with van der Waals surface area (Å²) in [6.45, 7) is 26.1. The van der Waals surface area contributed by atoms with Gasteiger partial charge in [-0.05, 0) is 71.4 Å². The highest BCUT2D eigenvalue weighted by Crippen LogP contribution is 2.47. The first kappa shape index (κ1) is 40.3. The van der Waals surface area contributed by atoms with Crippen LogP contribution >= 0.6 is 38.9 Å². The fourth-order valence-corrected chi connectivity index (χ4v) is 15.6. The van der Waals surface area contributed by atoms with Crippen LogP contribution in [-0.2, 0) is 8.85 Å². The van der Waals surface area contributed by atoms with Crippen molar-refractivity contribution in [3.8, 4) is 0 Å². The molecule has 1 aliphatic carbocycles. The Balaban J connectivity index is 1.60. The smallest absolute Gasteiger partial charge is 0.208 e. The quantitative estimate of drug-likeness (QED) is 0.124. The summed E-state index contributed by atoms with van der Waals surface area (Å²) in [4.78, 5) is 23.2. The van der Waals surface area contributed by atoms with Crippen LogP contribution in [-0.4, -0.2) is 56.2 Å². The van der Waals surface area contributed by atoms with Crippen LogP contribution in [0.15, 0.2) is 47.3 Å². The molecule has 49 heavy (non-hydrogen) atoms. The topological polar surface area (TPSA) is 93.6 Å². The van der Waals surface area contributed by atoms with Crippen molar-refractivity contribution in [3.63, 3.8) is 0 Å². The molecule has 12 heteroatoms. The number of benzene rings is 1. The van der Waals surface area contributed by atoms with Crippen molar-refractivity contribution in [1.29, 1.82) is 0 Å². The summed E-state index contributed by atoms with van der Waals surface area (Å²) in [5, 5.41) is 14.9. The van der Waals surface area contributed by atoms with Gasteiger partial charge in [-0.1, -0.05) is 102 Å². The molecule has 1 saturated carbocycles. The molecule has 1 fully saturated rings. The second kappa shape index (κ2) is 16.1. The molecule has 4 rings (SSSR count). The minimum Gasteiger partial charge on any atom is -0.416 e. The van der Waals surface area contributed by atoms with Crippen molar-refractivity contribution in [2.24, 2.45) is 5.92 Å². The van der Waals surface area contributed by atoms with E-state index in [-0.39, 0.29) is 28.9 Å². The molecular formula is C37H55BrClN3O4SSi2. The number of hydrogen-bond acceptors (Lipinski definition) is 8. The number of nitrogens with zero attached hydrogens (tertiary/aromatic N) is 2. The zero-order chi connectivity index (χ0) is 36.5. The highest BCUT2D eigenvalue weighted by molar-refractivity contribution is 9.10. The van der Waals surface area contributed by atoms with E-state index in [1.165, 1.54) is 6.33 Å². The standard InChI is InChI=1S/C37H55BrClN3O4SSi2/c1-22(2)49(23(3)4,24(5)6)46-31-17-28(16-26(31)20-45-48(10,11)37(7,8)9)42-36-30(19-40-21-41-36)34(44)32-18-29(35(39)47-32)33(43)25-13-12-14-27(38)15-25/h12-15,18-19,21-24,26,28,31,33,43H,16-17,20H2,1-11H3,(H,40,41,42)/t26-,28-,31+,33+/m1/s1. The molecule has 0 saturated heterocycles. The summed E-state index contributed by atoms with van der Waals surface area (Å²) in [6.07, 6.45) is 3.76.